The lowest BCUT2D eigenvalue weighted by Gasteiger charge is -2.14. The summed E-state index contributed by atoms with van der Waals surface area (Å²) >= 11 is 0. The maximum atomic E-state index is 11.3. The summed E-state index contributed by atoms with van der Waals surface area (Å²) in [6.45, 7) is 2.35. The van der Waals surface area contributed by atoms with Crippen LogP contribution < -0.4 is 5.73 Å². The molecule has 5 nitrogen and oxygen atoms in total. The summed E-state index contributed by atoms with van der Waals surface area (Å²) in [7, 11) is 0. The summed E-state index contributed by atoms with van der Waals surface area (Å²) in [5, 5.41) is 4.06. The highest BCUT2D eigenvalue weighted by atomic mass is 16.2. The Kier molecular flexibility index (Phi) is 2.39. The molecular formula is C9H14N4O. The van der Waals surface area contributed by atoms with E-state index in [1.807, 2.05) is 4.90 Å². The smallest absolute Gasteiger partial charge is 0.222 e. The molecule has 2 heterocycles. The second kappa shape index (κ2) is 3.69. The van der Waals surface area contributed by atoms with Gasteiger partial charge in [0.15, 0.2) is 0 Å². The number of carbonyl (C=O) groups is 1. The van der Waals surface area contributed by atoms with Crippen LogP contribution in [-0.2, 0) is 11.3 Å². The molecule has 0 bridgehead atoms. The third-order valence-electron chi connectivity index (χ3n) is 2.42. The van der Waals surface area contributed by atoms with Crippen molar-refractivity contribution in [1.82, 2.24) is 14.7 Å². The second-order valence-corrected chi connectivity index (χ2v) is 3.52. The fourth-order valence-electron chi connectivity index (χ4n) is 1.67. The van der Waals surface area contributed by atoms with Gasteiger partial charge in [0, 0.05) is 25.7 Å². The molecule has 76 valence electrons. The molecule has 0 radical (unpaired) electrons. The van der Waals surface area contributed by atoms with E-state index < -0.39 is 0 Å². The van der Waals surface area contributed by atoms with Crippen LogP contribution >= 0.6 is 0 Å². The monoisotopic (exact) mass is 194 g/mol. The van der Waals surface area contributed by atoms with Gasteiger partial charge in [-0.3, -0.25) is 9.48 Å². The summed E-state index contributed by atoms with van der Waals surface area (Å²) < 4.78 is 1.76. The molecule has 1 aliphatic heterocycles. The average Bonchev–Trinajstić information content (AvgIpc) is 2.72. The van der Waals surface area contributed by atoms with E-state index in [0.29, 0.717) is 12.1 Å². The minimum atomic E-state index is 0.255. The van der Waals surface area contributed by atoms with E-state index in [9.17, 15) is 4.79 Å². The third-order valence-corrected chi connectivity index (χ3v) is 2.42. The lowest BCUT2D eigenvalue weighted by molar-refractivity contribution is -0.127. The van der Waals surface area contributed by atoms with Crippen molar-refractivity contribution in [3.8, 4) is 0 Å². The number of likely N-dealkylation sites (tertiary alicyclic amines) is 1. The van der Waals surface area contributed by atoms with Gasteiger partial charge >= 0.3 is 0 Å². The van der Waals surface area contributed by atoms with Crippen molar-refractivity contribution in [3.05, 3.63) is 12.4 Å². The predicted octanol–water partition coefficient (Wildman–Crippen LogP) is 0.0877. The van der Waals surface area contributed by atoms with Gasteiger partial charge in [-0.15, -0.1) is 0 Å². The number of anilines is 1. The van der Waals surface area contributed by atoms with Crippen LogP contribution in [-0.4, -0.2) is 33.7 Å². The normalized spacial score (nSPS) is 16.6. The fraction of sp³-hybridized carbons (Fsp3) is 0.556. The number of nitrogens with two attached hydrogens (primary N) is 1. The number of amides is 1. The van der Waals surface area contributed by atoms with Gasteiger partial charge in [0.05, 0.1) is 18.4 Å². The maximum absolute atomic E-state index is 11.3. The van der Waals surface area contributed by atoms with E-state index in [-0.39, 0.29) is 5.91 Å². The van der Waals surface area contributed by atoms with Gasteiger partial charge in [0.25, 0.3) is 0 Å². The van der Waals surface area contributed by atoms with E-state index in [1.54, 1.807) is 17.1 Å². The van der Waals surface area contributed by atoms with Crippen LogP contribution in [0.15, 0.2) is 12.4 Å². The number of rotatable bonds is 3. The quantitative estimate of drug-likeness (QED) is 0.741. The Morgan fingerprint density at radius 2 is 2.36 bits per heavy atom. The minimum Gasteiger partial charge on any atom is -0.396 e. The van der Waals surface area contributed by atoms with Gasteiger partial charge in [-0.2, -0.15) is 5.10 Å². The molecule has 0 aliphatic carbocycles. The van der Waals surface area contributed by atoms with Crippen molar-refractivity contribution in [1.29, 1.82) is 0 Å². The van der Waals surface area contributed by atoms with Crippen molar-refractivity contribution < 1.29 is 4.79 Å². The topological polar surface area (TPSA) is 64.2 Å². The van der Waals surface area contributed by atoms with Crippen molar-refractivity contribution in [2.45, 2.75) is 19.4 Å². The van der Waals surface area contributed by atoms with Crippen molar-refractivity contribution >= 4 is 11.6 Å². The number of aromatic nitrogens is 2. The number of nitrogens with zero attached hydrogens (tertiary/aromatic N) is 3. The van der Waals surface area contributed by atoms with Crippen molar-refractivity contribution in [2.75, 3.05) is 18.8 Å². The van der Waals surface area contributed by atoms with Crippen LogP contribution in [0.3, 0.4) is 0 Å². The Bertz CT molecular complexity index is 333. The first-order chi connectivity index (χ1) is 6.75. The molecule has 1 aromatic rings. The molecular weight excluding hydrogens is 180 g/mol. The number of hydrogen-bond acceptors (Lipinski definition) is 3. The van der Waals surface area contributed by atoms with E-state index in [0.717, 1.165) is 26.1 Å². The van der Waals surface area contributed by atoms with Crippen LogP contribution in [0.4, 0.5) is 5.69 Å². The summed E-state index contributed by atoms with van der Waals surface area (Å²) in [6.07, 6.45) is 5.08. The molecule has 0 spiro atoms. The molecule has 0 atom stereocenters. The first-order valence-electron chi connectivity index (χ1n) is 4.81. The van der Waals surface area contributed by atoms with Gasteiger partial charge in [0.2, 0.25) is 5.91 Å². The molecule has 0 aromatic carbocycles. The first kappa shape index (κ1) is 9.05. The summed E-state index contributed by atoms with van der Waals surface area (Å²) in [5.41, 5.74) is 6.19. The van der Waals surface area contributed by atoms with E-state index >= 15 is 0 Å². The third kappa shape index (κ3) is 1.86. The van der Waals surface area contributed by atoms with Crippen LogP contribution in [0.1, 0.15) is 12.8 Å². The van der Waals surface area contributed by atoms with Crippen LogP contribution in [0.25, 0.3) is 0 Å². The SMILES string of the molecule is Nc1cnn(CCN2CCCC2=O)c1. The van der Waals surface area contributed by atoms with Gasteiger partial charge in [0.1, 0.15) is 0 Å². The minimum absolute atomic E-state index is 0.255. The lowest BCUT2D eigenvalue weighted by Crippen LogP contribution is -2.28. The van der Waals surface area contributed by atoms with Crippen molar-refractivity contribution in [2.24, 2.45) is 0 Å². The van der Waals surface area contributed by atoms with Gasteiger partial charge in [-0.05, 0) is 6.42 Å². The molecule has 2 N–H and O–H groups in total. The average molecular weight is 194 g/mol. The Labute approximate surface area is 82.5 Å². The highest BCUT2D eigenvalue weighted by Gasteiger charge is 2.19. The fourth-order valence-corrected chi connectivity index (χ4v) is 1.67. The highest BCUT2D eigenvalue weighted by Crippen LogP contribution is 2.09. The van der Waals surface area contributed by atoms with Gasteiger partial charge < -0.3 is 10.6 Å². The van der Waals surface area contributed by atoms with E-state index in [1.165, 1.54) is 0 Å². The Balaban J connectivity index is 1.85. The summed E-state index contributed by atoms with van der Waals surface area (Å²) in [4.78, 5) is 13.1. The molecule has 2 rings (SSSR count). The Morgan fingerprint density at radius 3 is 2.93 bits per heavy atom. The molecule has 1 fully saturated rings. The number of nitrogen functional groups attached to an aromatic ring is 1. The second-order valence-electron chi connectivity index (χ2n) is 3.52. The van der Waals surface area contributed by atoms with Crippen molar-refractivity contribution in [3.63, 3.8) is 0 Å². The Morgan fingerprint density at radius 1 is 1.50 bits per heavy atom. The molecule has 0 saturated carbocycles. The van der Waals surface area contributed by atoms with E-state index in [4.69, 9.17) is 5.73 Å². The molecule has 5 heteroatoms. The van der Waals surface area contributed by atoms with Gasteiger partial charge in [-0.25, -0.2) is 0 Å². The van der Waals surface area contributed by atoms with Crippen LogP contribution in [0, 0.1) is 0 Å². The number of hydrogen-bond donors (Lipinski definition) is 1. The zero-order chi connectivity index (χ0) is 9.97. The molecule has 1 amide bonds. The summed E-state index contributed by atoms with van der Waals surface area (Å²) in [6, 6.07) is 0. The molecule has 0 unspecified atom stereocenters. The summed E-state index contributed by atoms with van der Waals surface area (Å²) in [5.74, 6) is 0.255. The molecule has 1 aliphatic rings. The molecule has 1 saturated heterocycles. The largest absolute Gasteiger partial charge is 0.396 e. The first-order valence-corrected chi connectivity index (χ1v) is 4.81. The standard InChI is InChI=1S/C9H14N4O/c10-8-6-11-13(7-8)5-4-12-3-1-2-9(12)14/h6-7H,1-5,10H2. The van der Waals surface area contributed by atoms with Crippen LogP contribution in [0.2, 0.25) is 0 Å². The predicted molar refractivity (Wildman–Crippen MR) is 52.5 cm³/mol. The zero-order valence-electron chi connectivity index (χ0n) is 8.02. The highest BCUT2D eigenvalue weighted by molar-refractivity contribution is 5.77. The molecule has 14 heavy (non-hydrogen) atoms. The van der Waals surface area contributed by atoms with Crippen LogP contribution in [0.5, 0.6) is 0 Å². The number of carbonyl (C=O) groups excluding carboxylic acids is 1. The van der Waals surface area contributed by atoms with E-state index in [2.05, 4.69) is 5.10 Å². The zero-order valence-corrected chi connectivity index (χ0v) is 8.02. The Hall–Kier alpha value is -1.52. The van der Waals surface area contributed by atoms with Gasteiger partial charge in [-0.1, -0.05) is 0 Å². The molecule has 1 aromatic heterocycles. The lowest BCUT2D eigenvalue weighted by atomic mass is 10.4. The maximum Gasteiger partial charge on any atom is 0.222 e.